The maximum atomic E-state index is 13.4. The first-order valence-electron chi connectivity index (χ1n) is 7.42. The fraction of sp³-hybridized carbons (Fsp3) is 0.167. The van der Waals surface area contributed by atoms with Gasteiger partial charge in [-0.25, -0.2) is 9.37 Å². The van der Waals surface area contributed by atoms with Crippen LogP contribution < -0.4 is 9.47 Å². The van der Waals surface area contributed by atoms with E-state index in [-0.39, 0.29) is 11.5 Å². The predicted octanol–water partition coefficient (Wildman–Crippen LogP) is 4.26. The lowest BCUT2D eigenvalue weighted by Crippen LogP contribution is -2.07. The third kappa shape index (κ3) is 3.51. The number of carbonyl (C=O) groups is 2. The van der Waals surface area contributed by atoms with Gasteiger partial charge in [-0.3, -0.25) is 9.59 Å². The number of ether oxygens (including phenoxy) is 2. The summed E-state index contributed by atoms with van der Waals surface area (Å²) in [5.74, 6) is -0.906. The summed E-state index contributed by atoms with van der Waals surface area (Å²) >= 11 is 1.29. The van der Waals surface area contributed by atoms with Crippen molar-refractivity contribution in [1.29, 1.82) is 0 Å². The first-order valence-corrected chi connectivity index (χ1v) is 8.23. The molecule has 0 unspecified atom stereocenters. The largest absolute Gasteiger partial charge is 0.426 e. The number of rotatable bonds is 3. The average Bonchev–Trinajstić information content (AvgIpc) is 2.92. The van der Waals surface area contributed by atoms with Crippen LogP contribution in [0, 0.1) is 12.7 Å². The Labute approximate surface area is 147 Å². The number of fused-ring (bicyclic) bond motifs is 1. The summed E-state index contributed by atoms with van der Waals surface area (Å²) in [6, 6.07) is 7.60. The van der Waals surface area contributed by atoms with Crippen molar-refractivity contribution in [3.63, 3.8) is 0 Å². The Morgan fingerprint density at radius 3 is 2.48 bits per heavy atom. The van der Waals surface area contributed by atoms with E-state index >= 15 is 0 Å². The highest BCUT2D eigenvalue weighted by molar-refractivity contribution is 7.21. The van der Waals surface area contributed by atoms with E-state index in [2.05, 4.69) is 4.98 Å². The van der Waals surface area contributed by atoms with E-state index in [0.29, 0.717) is 21.7 Å². The third-order valence-corrected chi connectivity index (χ3v) is 4.43. The lowest BCUT2D eigenvalue weighted by molar-refractivity contribution is -0.132. The number of aromatic nitrogens is 1. The second kappa shape index (κ2) is 6.60. The van der Waals surface area contributed by atoms with Gasteiger partial charge in [0, 0.05) is 19.9 Å². The molecule has 128 valence electrons. The molecule has 1 heterocycles. The highest BCUT2D eigenvalue weighted by Crippen LogP contribution is 2.44. The van der Waals surface area contributed by atoms with Gasteiger partial charge in [-0.1, -0.05) is 6.07 Å². The Kier molecular flexibility index (Phi) is 4.50. The SMILES string of the molecule is CC(=O)Oc1ccc(C)c(OC(C)=O)c1-c1nc2cc(F)ccc2s1. The molecule has 25 heavy (non-hydrogen) atoms. The third-order valence-electron chi connectivity index (χ3n) is 3.38. The van der Waals surface area contributed by atoms with E-state index in [1.165, 1.54) is 37.3 Å². The lowest BCUT2D eigenvalue weighted by Gasteiger charge is -2.14. The van der Waals surface area contributed by atoms with Crippen LogP contribution in [0.4, 0.5) is 4.39 Å². The van der Waals surface area contributed by atoms with Crippen molar-refractivity contribution in [3.8, 4) is 22.1 Å². The summed E-state index contributed by atoms with van der Waals surface area (Å²) in [5, 5.41) is 0.469. The number of aryl methyl sites for hydroxylation is 1. The Morgan fingerprint density at radius 2 is 1.80 bits per heavy atom. The average molecular weight is 359 g/mol. The monoisotopic (exact) mass is 359 g/mol. The molecule has 0 bridgehead atoms. The van der Waals surface area contributed by atoms with E-state index in [0.717, 1.165) is 4.70 Å². The van der Waals surface area contributed by atoms with Crippen molar-refractivity contribution in [3.05, 3.63) is 41.7 Å². The number of nitrogens with zero attached hydrogens (tertiary/aromatic N) is 1. The molecule has 7 heteroatoms. The number of hydrogen-bond donors (Lipinski definition) is 0. The molecule has 3 rings (SSSR count). The minimum atomic E-state index is -0.508. The van der Waals surface area contributed by atoms with Gasteiger partial charge >= 0.3 is 11.9 Å². The summed E-state index contributed by atoms with van der Waals surface area (Å²) in [7, 11) is 0. The van der Waals surface area contributed by atoms with Crippen molar-refractivity contribution < 1.29 is 23.5 Å². The Morgan fingerprint density at radius 1 is 1.08 bits per heavy atom. The second-order valence-electron chi connectivity index (χ2n) is 5.40. The zero-order chi connectivity index (χ0) is 18.1. The summed E-state index contributed by atoms with van der Waals surface area (Å²) < 4.78 is 24.8. The normalized spacial score (nSPS) is 10.7. The molecular formula is C18H14FNO4S. The van der Waals surface area contributed by atoms with Crippen LogP contribution in [0.3, 0.4) is 0 Å². The fourth-order valence-electron chi connectivity index (χ4n) is 2.39. The van der Waals surface area contributed by atoms with E-state index in [1.807, 2.05) is 0 Å². The topological polar surface area (TPSA) is 65.5 Å². The standard InChI is InChI=1S/C18H14FNO4S/c1-9-4-6-14(23-10(2)21)16(17(9)24-11(3)22)18-20-13-8-12(19)5-7-15(13)25-18/h4-8H,1-3H3. The Bertz CT molecular complexity index is 996. The summed E-state index contributed by atoms with van der Waals surface area (Å²) in [6.45, 7) is 4.34. The van der Waals surface area contributed by atoms with Crippen LogP contribution in [0.1, 0.15) is 19.4 Å². The minimum Gasteiger partial charge on any atom is -0.426 e. The molecule has 0 fully saturated rings. The number of hydrogen-bond acceptors (Lipinski definition) is 6. The zero-order valence-corrected chi connectivity index (χ0v) is 14.6. The van der Waals surface area contributed by atoms with Crippen molar-refractivity contribution in [2.45, 2.75) is 20.8 Å². The number of halogens is 1. The second-order valence-corrected chi connectivity index (χ2v) is 6.43. The van der Waals surface area contributed by atoms with Crippen molar-refractivity contribution in [1.82, 2.24) is 4.98 Å². The summed E-state index contributed by atoms with van der Waals surface area (Å²) in [6.07, 6.45) is 0. The van der Waals surface area contributed by atoms with Gasteiger partial charge in [0.15, 0.2) is 0 Å². The lowest BCUT2D eigenvalue weighted by atomic mass is 10.1. The smallest absolute Gasteiger partial charge is 0.308 e. The van der Waals surface area contributed by atoms with Crippen LogP contribution in [0.15, 0.2) is 30.3 Å². The van der Waals surface area contributed by atoms with Gasteiger partial charge in [-0.2, -0.15) is 0 Å². The van der Waals surface area contributed by atoms with Crippen LogP contribution in [-0.4, -0.2) is 16.9 Å². The maximum Gasteiger partial charge on any atom is 0.308 e. The van der Waals surface area contributed by atoms with Crippen LogP contribution >= 0.6 is 11.3 Å². The first-order chi connectivity index (χ1) is 11.8. The molecule has 0 N–H and O–H groups in total. The highest BCUT2D eigenvalue weighted by Gasteiger charge is 2.22. The summed E-state index contributed by atoms with van der Waals surface area (Å²) in [4.78, 5) is 27.4. The van der Waals surface area contributed by atoms with E-state index in [4.69, 9.17) is 9.47 Å². The molecule has 0 spiro atoms. The molecule has 0 saturated carbocycles. The van der Waals surface area contributed by atoms with Gasteiger partial charge in [0.1, 0.15) is 22.3 Å². The molecular weight excluding hydrogens is 345 g/mol. The minimum absolute atomic E-state index is 0.230. The number of benzene rings is 2. The molecule has 0 radical (unpaired) electrons. The Hall–Kier alpha value is -2.80. The van der Waals surface area contributed by atoms with E-state index in [1.54, 1.807) is 25.1 Å². The van der Waals surface area contributed by atoms with Gasteiger partial charge in [-0.15, -0.1) is 11.3 Å². The molecule has 0 atom stereocenters. The van der Waals surface area contributed by atoms with Crippen LogP contribution in [0.2, 0.25) is 0 Å². The number of esters is 2. The molecule has 2 aromatic carbocycles. The molecule has 0 aliphatic carbocycles. The quantitative estimate of drug-likeness (QED) is 0.516. The number of carbonyl (C=O) groups excluding carboxylic acids is 2. The zero-order valence-electron chi connectivity index (χ0n) is 13.8. The van der Waals surface area contributed by atoms with Gasteiger partial charge in [0.05, 0.1) is 15.8 Å². The molecule has 0 aliphatic rings. The van der Waals surface area contributed by atoms with E-state index in [9.17, 15) is 14.0 Å². The van der Waals surface area contributed by atoms with E-state index < -0.39 is 17.8 Å². The fourth-order valence-corrected chi connectivity index (χ4v) is 3.39. The van der Waals surface area contributed by atoms with Gasteiger partial charge in [0.25, 0.3) is 0 Å². The maximum absolute atomic E-state index is 13.4. The first kappa shape index (κ1) is 17.0. The highest BCUT2D eigenvalue weighted by atomic mass is 32.1. The van der Waals surface area contributed by atoms with Crippen molar-refractivity contribution in [2.75, 3.05) is 0 Å². The Balaban J connectivity index is 2.27. The van der Waals surface area contributed by atoms with Crippen LogP contribution in [0.5, 0.6) is 11.5 Å². The molecule has 1 aromatic heterocycles. The van der Waals surface area contributed by atoms with Gasteiger partial charge < -0.3 is 9.47 Å². The molecule has 0 saturated heterocycles. The molecule has 0 amide bonds. The number of thiazole rings is 1. The van der Waals surface area contributed by atoms with Crippen molar-refractivity contribution in [2.24, 2.45) is 0 Å². The molecule has 0 aliphatic heterocycles. The van der Waals surface area contributed by atoms with Crippen LogP contribution in [0.25, 0.3) is 20.8 Å². The summed E-state index contributed by atoms with van der Waals surface area (Å²) in [5.41, 5.74) is 1.56. The van der Waals surface area contributed by atoms with Gasteiger partial charge in [0.2, 0.25) is 0 Å². The molecule has 5 nitrogen and oxygen atoms in total. The van der Waals surface area contributed by atoms with Gasteiger partial charge in [-0.05, 0) is 30.7 Å². The van der Waals surface area contributed by atoms with Crippen molar-refractivity contribution >= 4 is 33.5 Å². The predicted molar refractivity (Wildman–Crippen MR) is 92.4 cm³/mol. The molecule has 3 aromatic rings. The van der Waals surface area contributed by atoms with Crippen LogP contribution in [-0.2, 0) is 9.59 Å².